The largest absolute Gasteiger partial charge is 0.466 e. The molecule has 0 fully saturated rings. The number of anilines is 1. The molecule has 0 radical (unpaired) electrons. The molecule has 48 heavy (non-hydrogen) atoms. The lowest BCUT2D eigenvalue weighted by Gasteiger charge is -2.26. The summed E-state index contributed by atoms with van der Waals surface area (Å²) in [6.07, 6.45) is 4.64. The quantitative estimate of drug-likeness (QED) is 0.0678. The number of unbranched alkanes of at least 4 members (excludes halogenated alkanes) is 2. The Hall–Kier alpha value is -4.56. The highest BCUT2D eigenvalue weighted by atomic mass is 16.5. The number of nitrogens with zero attached hydrogens (tertiary/aromatic N) is 1. The van der Waals surface area contributed by atoms with E-state index < -0.39 is 0 Å². The lowest BCUT2D eigenvalue weighted by molar-refractivity contribution is -0.144. The smallest absolute Gasteiger partial charge is 0.307 e. The number of carbonyl (C=O) groups excluding carboxylic acids is 3. The molecular formula is C40H51N3O5. The number of esters is 2. The molecule has 4 aromatic carbocycles. The van der Waals surface area contributed by atoms with E-state index in [1.807, 2.05) is 76.2 Å². The third kappa shape index (κ3) is 10.5. The second-order valence-electron chi connectivity index (χ2n) is 12.3. The Balaban J connectivity index is 0.000000205. The maximum absolute atomic E-state index is 12.0. The number of aliphatic imine (C=N–C) groups is 1. The number of hydrazine groups is 1. The summed E-state index contributed by atoms with van der Waals surface area (Å²) in [5, 5.41) is 4.78. The van der Waals surface area contributed by atoms with Gasteiger partial charge in [-0.1, -0.05) is 80.4 Å². The maximum atomic E-state index is 12.0. The molecule has 1 aliphatic rings. The summed E-state index contributed by atoms with van der Waals surface area (Å²) >= 11 is 0. The van der Waals surface area contributed by atoms with Crippen molar-refractivity contribution in [2.75, 3.05) is 18.6 Å². The monoisotopic (exact) mass is 653 g/mol. The van der Waals surface area contributed by atoms with E-state index in [9.17, 15) is 14.4 Å². The van der Waals surface area contributed by atoms with Gasteiger partial charge in [0.05, 0.1) is 25.3 Å². The molecule has 0 saturated carbocycles. The minimum atomic E-state index is -0.386. The molecule has 0 amide bonds. The summed E-state index contributed by atoms with van der Waals surface area (Å²) in [5.41, 5.74) is 6.26. The fourth-order valence-electron chi connectivity index (χ4n) is 5.75. The molecule has 5 rings (SSSR count). The van der Waals surface area contributed by atoms with Crippen molar-refractivity contribution in [3.63, 3.8) is 0 Å². The molecule has 3 N–H and O–H groups in total. The number of nitrogens with two attached hydrogens (primary N) is 1. The zero-order valence-electron chi connectivity index (χ0n) is 29.3. The van der Waals surface area contributed by atoms with E-state index in [0.29, 0.717) is 26.1 Å². The number of Topliss-reactive ketones (excluding diaryl/α,β-unsaturated/α-hetero) is 1. The second kappa shape index (κ2) is 18.7. The number of nitrogen functional groups attached to an aromatic ring is 1. The van der Waals surface area contributed by atoms with Gasteiger partial charge < -0.3 is 14.9 Å². The molecule has 0 aliphatic carbocycles. The first-order chi connectivity index (χ1) is 23.0. The van der Waals surface area contributed by atoms with Gasteiger partial charge in [-0.2, -0.15) is 0 Å². The lowest BCUT2D eigenvalue weighted by atomic mass is 9.75. The standard InChI is InChI=1S/C18H19NO2.C12H22O3.C10H10N2/c1-4-21-16(20)11-18(3)12(2)19-15-10-9-13-7-5-6-8-14(13)17(15)18;1-4-15-12(14)9-7-5-6-8-10(2)11(3)13;11-12-10-6-5-8-3-1-2-4-9(8)7-10/h5-10H,4,11H2,1-3H3;10H,4-9H2,1-3H3;1-7,12H,11H2. The molecule has 1 aliphatic heterocycles. The maximum Gasteiger partial charge on any atom is 0.307 e. The van der Waals surface area contributed by atoms with Gasteiger partial charge in [0.15, 0.2) is 0 Å². The number of hydrogen-bond acceptors (Lipinski definition) is 8. The Morgan fingerprint density at radius 1 is 0.833 bits per heavy atom. The van der Waals surface area contributed by atoms with E-state index >= 15 is 0 Å². The van der Waals surface area contributed by atoms with Crippen molar-refractivity contribution in [2.24, 2.45) is 16.8 Å². The summed E-state index contributed by atoms with van der Waals surface area (Å²) in [4.78, 5) is 38.6. The van der Waals surface area contributed by atoms with Crippen LogP contribution in [0.5, 0.6) is 0 Å². The normalized spacial score (nSPS) is 15.2. The van der Waals surface area contributed by atoms with Crippen LogP contribution in [-0.2, 0) is 29.3 Å². The van der Waals surface area contributed by atoms with Crippen LogP contribution >= 0.6 is 0 Å². The molecule has 2 unspecified atom stereocenters. The van der Waals surface area contributed by atoms with Gasteiger partial charge in [0.25, 0.3) is 0 Å². The molecule has 2 atom stereocenters. The molecule has 0 spiro atoms. The minimum Gasteiger partial charge on any atom is -0.466 e. The van der Waals surface area contributed by atoms with Crippen LogP contribution < -0.4 is 11.3 Å². The van der Waals surface area contributed by atoms with Crippen molar-refractivity contribution >= 4 is 56.4 Å². The van der Waals surface area contributed by atoms with Crippen molar-refractivity contribution in [2.45, 2.75) is 85.5 Å². The number of rotatable bonds is 12. The predicted molar refractivity (Wildman–Crippen MR) is 197 cm³/mol. The van der Waals surface area contributed by atoms with Gasteiger partial charge in [-0.3, -0.25) is 25.2 Å². The van der Waals surface area contributed by atoms with Crippen LogP contribution in [0.3, 0.4) is 0 Å². The van der Waals surface area contributed by atoms with Crippen LogP contribution in [0.15, 0.2) is 83.9 Å². The summed E-state index contributed by atoms with van der Waals surface area (Å²) in [7, 11) is 0. The van der Waals surface area contributed by atoms with E-state index in [0.717, 1.165) is 48.3 Å². The van der Waals surface area contributed by atoms with Gasteiger partial charge in [0.1, 0.15) is 5.78 Å². The van der Waals surface area contributed by atoms with Gasteiger partial charge in [0, 0.05) is 29.2 Å². The first-order valence-electron chi connectivity index (χ1n) is 16.9. The highest BCUT2D eigenvalue weighted by molar-refractivity contribution is 6.08. The van der Waals surface area contributed by atoms with Crippen LogP contribution in [0.2, 0.25) is 0 Å². The number of nitrogens with one attached hydrogen (secondary N) is 1. The first kappa shape index (κ1) is 37.9. The number of ketones is 1. The average molecular weight is 654 g/mol. The molecule has 8 nitrogen and oxygen atoms in total. The lowest BCUT2D eigenvalue weighted by Crippen LogP contribution is -2.31. The van der Waals surface area contributed by atoms with Gasteiger partial charge in [-0.05, 0) is 92.8 Å². The van der Waals surface area contributed by atoms with Gasteiger partial charge in [-0.15, -0.1) is 0 Å². The second-order valence-corrected chi connectivity index (χ2v) is 12.3. The van der Waals surface area contributed by atoms with Crippen LogP contribution in [0.25, 0.3) is 21.5 Å². The predicted octanol–water partition coefficient (Wildman–Crippen LogP) is 9.01. The first-order valence-corrected chi connectivity index (χ1v) is 16.9. The molecule has 4 aromatic rings. The molecule has 0 saturated heterocycles. The zero-order chi connectivity index (χ0) is 35.1. The van der Waals surface area contributed by atoms with Crippen LogP contribution in [0.1, 0.15) is 85.6 Å². The third-order valence-corrected chi connectivity index (χ3v) is 8.78. The Morgan fingerprint density at radius 3 is 2.12 bits per heavy atom. The fraction of sp³-hybridized carbons (Fsp3) is 0.400. The van der Waals surface area contributed by atoms with Crippen molar-refractivity contribution < 1.29 is 23.9 Å². The van der Waals surface area contributed by atoms with Gasteiger partial charge in [0.2, 0.25) is 0 Å². The third-order valence-electron chi connectivity index (χ3n) is 8.78. The molecule has 0 aromatic heterocycles. The summed E-state index contributed by atoms with van der Waals surface area (Å²) < 4.78 is 9.97. The molecular weight excluding hydrogens is 602 g/mol. The van der Waals surface area contributed by atoms with E-state index in [1.165, 1.54) is 21.5 Å². The van der Waals surface area contributed by atoms with Crippen molar-refractivity contribution in [3.05, 3.63) is 84.4 Å². The van der Waals surface area contributed by atoms with Gasteiger partial charge in [-0.25, -0.2) is 0 Å². The minimum absolute atomic E-state index is 0.114. The van der Waals surface area contributed by atoms with E-state index in [2.05, 4.69) is 47.7 Å². The average Bonchev–Trinajstić information content (AvgIpc) is 3.33. The van der Waals surface area contributed by atoms with Crippen molar-refractivity contribution in [1.82, 2.24) is 0 Å². The van der Waals surface area contributed by atoms with Crippen LogP contribution in [0, 0.1) is 5.92 Å². The zero-order valence-corrected chi connectivity index (χ0v) is 29.3. The number of ether oxygens (including phenoxy) is 2. The molecule has 8 heteroatoms. The van der Waals surface area contributed by atoms with Crippen LogP contribution in [0.4, 0.5) is 11.4 Å². The van der Waals surface area contributed by atoms with E-state index in [-0.39, 0.29) is 29.1 Å². The molecule has 1 heterocycles. The number of hydrogen-bond donors (Lipinski definition) is 2. The SMILES string of the molecule is CCOC(=O)CC1(C)C(C)=Nc2ccc3ccccc3c21.CCOC(=O)CCCCCC(C)C(C)=O.NNc1ccc2ccccc2c1. The Bertz CT molecular complexity index is 1720. The summed E-state index contributed by atoms with van der Waals surface area (Å²) in [6.45, 7) is 12.2. The Kier molecular flexibility index (Phi) is 14.8. The summed E-state index contributed by atoms with van der Waals surface area (Å²) in [5.74, 6) is 5.42. The van der Waals surface area contributed by atoms with Gasteiger partial charge >= 0.3 is 11.9 Å². The summed E-state index contributed by atoms with van der Waals surface area (Å²) in [6, 6.07) is 26.6. The van der Waals surface area contributed by atoms with E-state index in [1.54, 1.807) is 6.92 Å². The number of fused-ring (bicyclic) bond motifs is 4. The molecule has 256 valence electrons. The highest BCUT2D eigenvalue weighted by Crippen LogP contribution is 2.46. The molecule has 0 bridgehead atoms. The fourth-order valence-corrected chi connectivity index (χ4v) is 5.75. The van der Waals surface area contributed by atoms with E-state index in [4.69, 9.17) is 15.3 Å². The number of benzene rings is 4. The number of carbonyl (C=O) groups is 3. The topological polar surface area (TPSA) is 120 Å². The Labute approximate surface area is 285 Å². The van der Waals surface area contributed by atoms with Crippen molar-refractivity contribution in [1.29, 1.82) is 0 Å². The Morgan fingerprint density at radius 2 is 1.46 bits per heavy atom. The highest BCUT2D eigenvalue weighted by Gasteiger charge is 2.40. The van der Waals surface area contributed by atoms with Crippen molar-refractivity contribution in [3.8, 4) is 0 Å². The van der Waals surface area contributed by atoms with Crippen LogP contribution in [-0.4, -0.2) is 36.6 Å².